The van der Waals surface area contributed by atoms with Crippen LogP contribution < -0.4 is 9.47 Å². The summed E-state index contributed by atoms with van der Waals surface area (Å²) in [6, 6.07) is 4.51. The van der Waals surface area contributed by atoms with Crippen molar-refractivity contribution in [3.63, 3.8) is 0 Å². The lowest BCUT2D eigenvalue weighted by Gasteiger charge is -2.46. The third-order valence-corrected chi connectivity index (χ3v) is 6.45. The van der Waals surface area contributed by atoms with Gasteiger partial charge >= 0.3 is 0 Å². The molecule has 0 unspecified atom stereocenters. The van der Waals surface area contributed by atoms with Crippen LogP contribution in [0.3, 0.4) is 0 Å². The Kier molecular flexibility index (Phi) is 3.13. The Hall–Kier alpha value is -1.71. The molecule has 5 rings (SSSR count). The highest BCUT2D eigenvalue weighted by molar-refractivity contribution is 5.82. The summed E-state index contributed by atoms with van der Waals surface area (Å²) in [5.41, 5.74) is 2.82. The van der Waals surface area contributed by atoms with E-state index in [1.54, 1.807) is 0 Å². The van der Waals surface area contributed by atoms with Crippen LogP contribution in [-0.2, 0) is 10.2 Å². The molecule has 0 N–H and O–H groups in total. The molecule has 0 aromatic heterocycles. The number of carbonyl (C=O) groups excluding carboxylic acids is 1. The minimum Gasteiger partial charge on any atom is -0.486 e. The summed E-state index contributed by atoms with van der Waals surface area (Å²) in [5.74, 6) is 2.39. The van der Waals surface area contributed by atoms with E-state index in [2.05, 4.69) is 24.0 Å². The number of benzene rings is 1. The maximum absolute atomic E-state index is 12.9. The number of rotatable bonds is 1. The second kappa shape index (κ2) is 5.14. The zero-order valence-electron chi connectivity index (χ0n) is 14.3. The Labute approximate surface area is 143 Å². The predicted octanol–water partition coefficient (Wildman–Crippen LogP) is 3.58. The molecule has 4 heteroatoms. The Morgan fingerprint density at radius 2 is 1.79 bits per heavy atom. The van der Waals surface area contributed by atoms with E-state index >= 15 is 0 Å². The van der Waals surface area contributed by atoms with Crippen LogP contribution in [0.2, 0.25) is 0 Å². The quantitative estimate of drug-likeness (QED) is 0.791. The van der Waals surface area contributed by atoms with Crippen molar-refractivity contribution in [2.24, 2.45) is 5.92 Å². The highest BCUT2D eigenvalue weighted by Crippen LogP contribution is 2.52. The molecule has 4 nitrogen and oxygen atoms in total. The SMILES string of the molecule is C[C@H]1c2cc3c(cc2C2(CCCC2)CN1C(=O)C1CC1)OCCO3. The van der Waals surface area contributed by atoms with Crippen LogP contribution in [0.25, 0.3) is 0 Å². The number of hydrogen-bond donors (Lipinski definition) is 0. The van der Waals surface area contributed by atoms with Gasteiger partial charge < -0.3 is 14.4 Å². The lowest BCUT2D eigenvalue weighted by atomic mass is 9.71. The standard InChI is InChI=1S/C20H25NO3/c1-13-15-10-17-18(24-9-8-23-17)11-16(15)20(6-2-3-7-20)12-21(13)19(22)14-4-5-14/h10-11,13-14H,2-9,12H2,1H3/t13-/m0/s1. The van der Waals surface area contributed by atoms with E-state index in [9.17, 15) is 4.79 Å². The Morgan fingerprint density at radius 3 is 2.46 bits per heavy atom. The van der Waals surface area contributed by atoms with Gasteiger partial charge in [-0.3, -0.25) is 4.79 Å². The van der Waals surface area contributed by atoms with E-state index < -0.39 is 0 Å². The first-order valence-corrected chi connectivity index (χ1v) is 9.42. The molecule has 1 aromatic carbocycles. The minimum absolute atomic E-state index is 0.127. The van der Waals surface area contributed by atoms with Crippen LogP contribution in [-0.4, -0.2) is 30.6 Å². The van der Waals surface area contributed by atoms with Crippen molar-refractivity contribution in [3.05, 3.63) is 23.3 Å². The number of fused-ring (bicyclic) bond motifs is 3. The zero-order chi connectivity index (χ0) is 16.3. The van der Waals surface area contributed by atoms with Gasteiger partial charge in [-0.05, 0) is 55.9 Å². The van der Waals surface area contributed by atoms with Gasteiger partial charge in [-0.2, -0.15) is 0 Å². The summed E-state index contributed by atoms with van der Waals surface area (Å²) in [7, 11) is 0. The molecule has 2 aliphatic heterocycles. The van der Waals surface area contributed by atoms with E-state index in [1.165, 1.54) is 36.8 Å². The van der Waals surface area contributed by atoms with Crippen molar-refractivity contribution in [1.82, 2.24) is 4.90 Å². The monoisotopic (exact) mass is 327 g/mol. The van der Waals surface area contributed by atoms with E-state index in [0.717, 1.165) is 30.9 Å². The summed E-state index contributed by atoms with van der Waals surface area (Å²) in [5, 5.41) is 0. The van der Waals surface area contributed by atoms with E-state index in [-0.39, 0.29) is 17.4 Å². The fraction of sp³-hybridized carbons (Fsp3) is 0.650. The summed E-state index contributed by atoms with van der Waals surface area (Å²) in [6.45, 7) is 4.30. The molecule has 2 saturated carbocycles. The van der Waals surface area contributed by atoms with Crippen LogP contribution in [0.1, 0.15) is 62.6 Å². The van der Waals surface area contributed by atoms with Gasteiger partial charge in [-0.15, -0.1) is 0 Å². The third kappa shape index (κ3) is 2.08. The molecule has 2 fully saturated rings. The van der Waals surface area contributed by atoms with Crippen molar-refractivity contribution in [2.45, 2.75) is 56.9 Å². The molecule has 128 valence electrons. The van der Waals surface area contributed by atoms with Crippen LogP contribution in [0.15, 0.2) is 12.1 Å². The molecule has 2 heterocycles. The van der Waals surface area contributed by atoms with Gasteiger partial charge in [0.25, 0.3) is 0 Å². The zero-order valence-corrected chi connectivity index (χ0v) is 14.3. The predicted molar refractivity (Wildman–Crippen MR) is 90.4 cm³/mol. The van der Waals surface area contributed by atoms with Gasteiger partial charge in [0.2, 0.25) is 5.91 Å². The average Bonchev–Trinajstić information content (AvgIpc) is 3.36. The van der Waals surface area contributed by atoms with E-state index in [4.69, 9.17) is 9.47 Å². The van der Waals surface area contributed by atoms with Crippen LogP contribution in [0.4, 0.5) is 0 Å². The number of nitrogens with zero attached hydrogens (tertiary/aromatic N) is 1. The van der Waals surface area contributed by atoms with Gasteiger partial charge in [0.1, 0.15) is 13.2 Å². The molecule has 0 bridgehead atoms. The van der Waals surface area contributed by atoms with Crippen molar-refractivity contribution in [1.29, 1.82) is 0 Å². The van der Waals surface area contributed by atoms with Gasteiger partial charge in [-0.25, -0.2) is 0 Å². The molecule has 1 atom stereocenters. The summed E-state index contributed by atoms with van der Waals surface area (Å²) >= 11 is 0. The molecule has 4 aliphatic rings. The summed E-state index contributed by atoms with van der Waals surface area (Å²) < 4.78 is 11.7. The third-order valence-electron chi connectivity index (χ3n) is 6.45. The highest BCUT2D eigenvalue weighted by atomic mass is 16.6. The summed E-state index contributed by atoms with van der Waals surface area (Å²) in [6.07, 6.45) is 7.02. The molecular weight excluding hydrogens is 302 g/mol. The van der Waals surface area contributed by atoms with Gasteiger partial charge in [0.15, 0.2) is 11.5 Å². The number of amides is 1. The minimum atomic E-state index is 0.127. The molecule has 1 aromatic rings. The molecule has 0 saturated heterocycles. The molecule has 24 heavy (non-hydrogen) atoms. The van der Waals surface area contributed by atoms with Crippen LogP contribution in [0.5, 0.6) is 11.5 Å². The molecule has 1 amide bonds. The number of ether oxygens (including phenoxy) is 2. The Balaban J connectivity index is 1.63. The first-order valence-electron chi connectivity index (χ1n) is 9.42. The summed E-state index contributed by atoms with van der Waals surface area (Å²) in [4.78, 5) is 15.0. The lowest BCUT2D eigenvalue weighted by Crippen LogP contribution is -2.49. The first kappa shape index (κ1) is 14.6. The van der Waals surface area contributed by atoms with E-state index in [1.807, 2.05) is 0 Å². The number of hydrogen-bond acceptors (Lipinski definition) is 3. The number of carbonyl (C=O) groups is 1. The molecule has 2 aliphatic carbocycles. The fourth-order valence-corrected chi connectivity index (χ4v) is 4.94. The van der Waals surface area contributed by atoms with Crippen molar-refractivity contribution in [3.8, 4) is 11.5 Å². The molecular formula is C20H25NO3. The maximum Gasteiger partial charge on any atom is 0.226 e. The van der Waals surface area contributed by atoms with Crippen LogP contribution in [0, 0.1) is 5.92 Å². The topological polar surface area (TPSA) is 38.8 Å². The second-order valence-corrected chi connectivity index (χ2v) is 7.99. The maximum atomic E-state index is 12.9. The van der Waals surface area contributed by atoms with Gasteiger partial charge in [0, 0.05) is 17.9 Å². The Bertz CT molecular complexity index is 688. The normalized spacial score (nSPS) is 27.2. The fourth-order valence-electron chi connectivity index (χ4n) is 4.94. The highest BCUT2D eigenvalue weighted by Gasteiger charge is 2.48. The largest absolute Gasteiger partial charge is 0.486 e. The van der Waals surface area contributed by atoms with Crippen molar-refractivity contribution >= 4 is 5.91 Å². The average molecular weight is 327 g/mol. The van der Waals surface area contributed by atoms with Gasteiger partial charge in [0.05, 0.1) is 6.04 Å². The molecule has 1 spiro atoms. The lowest BCUT2D eigenvalue weighted by molar-refractivity contribution is -0.136. The smallest absolute Gasteiger partial charge is 0.226 e. The van der Waals surface area contributed by atoms with Gasteiger partial charge in [-0.1, -0.05) is 12.8 Å². The van der Waals surface area contributed by atoms with Crippen molar-refractivity contribution < 1.29 is 14.3 Å². The molecule has 0 radical (unpaired) electrons. The van der Waals surface area contributed by atoms with Crippen molar-refractivity contribution in [2.75, 3.05) is 19.8 Å². The van der Waals surface area contributed by atoms with Crippen LogP contribution >= 0.6 is 0 Å². The second-order valence-electron chi connectivity index (χ2n) is 7.99. The van der Waals surface area contributed by atoms with E-state index in [0.29, 0.717) is 19.1 Å². The first-order chi connectivity index (χ1) is 11.7. The Morgan fingerprint density at radius 1 is 1.12 bits per heavy atom.